The van der Waals surface area contributed by atoms with Crippen LogP contribution < -0.4 is 19.5 Å². The predicted octanol–water partition coefficient (Wildman–Crippen LogP) is 4.03. The second kappa shape index (κ2) is 9.43. The second-order valence-electron chi connectivity index (χ2n) is 4.87. The fraction of sp³-hybridized carbons (Fsp3) is 0.333. The molecule has 0 radical (unpaired) electrons. The van der Waals surface area contributed by atoms with E-state index in [1.807, 2.05) is 50.4 Å². The molecule has 0 atom stereocenters. The SMILES string of the molecule is CCOc1ccccc1OCCOc1ccc(CNC)cc1Br. The normalized spacial score (nSPS) is 10.4. The third-order valence-electron chi connectivity index (χ3n) is 3.12. The Bertz CT molecular complexity index is 619. The first-order chi connectivity index (χ1) is 11.2. The molecule has 2 aromatic carbocycles. The molecule has 0 bridgehead atoms. The van der Waals surface area contributed by atoms with E-state index < -0.39 is 0 Å². The van der Waals surface area contributed by atoms with Gasteiger partial charge >= 0.3 is 0 Å². The van der Waals surface area contributed by atoms with Crippen LogP contribution in [0.2, 0.25) is 0 Å². The van der Waals surface area contributed by atoms with Gasteiger partial charge < -0.3 is 19.5 Å². The van der Waals surface area contributed by atoms with Crippen molar-refractivity contribution in [1.82, 2.24) is 5.32 Å². The van der Waals surface area contributed by atoms with Gasteiger partial charge in [-0.1, -0.05) is 18.2 Å². The first kappa shape index (κ1) is 17.6. The Labute approximate surface area is 145 Å². The van der Waals surface area contributed by atoms with Crippen molar-refractivity contribution in [3.63, 3.8) is 0 Å². The van der Waals surface area contributed by atoms with E-state index in [1.54, 1.807) is 0 Å². The lowest BCUT2D eigenvalue weighted by atomic mass is 10.2. The molecule has 0 saturated heterocycles. The summed E-state index contributed by atoms with van der Waals surface area (Å²) >= 11 is 3.53. The molecule has 0 spiro atoms. The van der Waals surface area contributed by atoms with Crippen molar-refractivity contribution >= 4 is 15.9 Å². The Morgan fingerprint density at radius 2 is 1.57 bits per heavy atom. The number of rotatable bonds is 9. The monoisotopic (exact) mass is 379 g/mol. The molecule has 0 aliphatic carbocycles. The maximum atomic E-state index is 5.76. The number of ether oxygens (including phenoxy) is 3. The van der Waals surface area contributed by atoms with Gasteiger partial charge in [-0.15, -0.1) is 0 Å². The largest absolute Gasteiger partial charge is 0.490 e. The van der Waals surface area contributed by atoms with E-state index in [-0.39, 0.29) is 0 Å². The summed E-state index contributed by atoms with van der Waals surface area (Å²) in [5, 5.41) is 3.12. The highest BCUT2D eigenvalue weighted by Crippen LogP contribution is 2.27. The summed E-state index contributed by atoms with van der Waals surface area (Å²) in [7, 11) is 1.93. The minimum atomic E-state index is 0.453. The van der Waals surface area contributed by atoms with Crippen LogP contribution in [-0.2, 0) is 6.54 Å². The summed E-state index contributed by atoms with van der Waals surface area (Å²) < 4.78 is 18.0. The summed E-state index contributed by atoms with van der Waals surface area (Å²) in [6.45, 7) is 4.31. The zero-order chi connectivity index (χ0) is 16.5. The minimum Gasteiger partial charge on any atom is -0.490 e. The van der Waals surface area contributed by atoms with E-state index in [2.05, 4.69) is 27.3 Å². The number of para-hydroxylation sites is 2. The van der Waals surface area contributed by atoms with Crippen molar-refractivity contribution in [3.05, 3.63) is 52.5 Å². The number of nitrogens with one attached hydrogen (secondary N) is 1. The van der Waals surface area contributed by atoms with Gasteiger partial charge in [-0.3, -0.25) is 0 Å². The van der Waals surface area contributed by atoms with Crippen LogP contribution in [0.1, 0.15) is 12.5 Å². The molecule has 0 aliphatic rings. The Morgan fingerprint density at radius 3 is 2.17 bits per heavy atom. The van der Waals surface area contributed by atoms with Gasteiger partial charge in [-0.2, -0.15) is 0 Å². The van der Waals surface area contributed by atoms with Crippen LogP contribution in [0.4, 0.5) is 0 Å². The van der Waals surface area contributed by atoms with Gasteiger partial charge in [0.15, 0.2) is 11.5 Å². The maximum absolute atomic E-state index is 5.76. The van der Waals surface area contributed by atoms with Gasteiger partial charge in [0.1, 0.15) is 19.0 Å². The highest BCUT2D eigenvalue weighted by molar-refractivity contribution is 9.10. The molecule has 23 heavy (non-hydrogen) atoms. The van der Waals surface area contributed by atoms with Crippen molar-refractivity contribution < 1.29 is 14.2 Å². The Kier molecular flexibility index (Phi) is 7.23. The first-order valence-electron chi connectivity index (χ1n) is 7.65. The van der Waals surface area contributed by atoms with Crippen molar-refractivity contribution in [2.24, 2.45) is 0 Å². The average molecular weight is 380 g/mol. The molecular formula is C18H22BrNO3. The van der Waals surface area contributed by atoms with Gasteiger partial charge in [0.25, 0.3) is 0 Å². The number of benzene rings is 2. The molecule has 2 aromatic rings. The van der Waals surface area contributed by atoms with E-state index in [0.29, 0.717) is 19.8 Å². The van der Waals surface area contributed by atoms with E-state index in [0.717, 1.165) is 28.3 Å². The lowest BCUT2D eigenvalue weighted by molar-refractivity contribution is 0.207. The number of halogens is 1. The maximum Gasteiger partial charge on any atom is 0.161 e. The van der Waals surface area contributed by atoms with Gasteiger partial charge in [0.2, 0.25) is 0 Å². The molecule has 124 valence electrons. The quantitative estimate of drug-likeness (QED) is 0.667. The molecule has 0 fully saturated rings. The van der Waals surface area contributed by atoms with Gasteiger partial charge in [-0.25, -0.2) is 0 Å². The Morgan fingerprint density at radius 1 is 0.913 bits per heavy atom. The van der Waals surface area contributed by atoms with Crippen LogP contribution in [0.15, 0.2) is 46.9 Å². The zero-order valence-electron chi connectivity index (χ0n) is 13.5. The highest BCUT2D eigenvalue weighted by Gasteiger charge is 2.05. The van der Waals surface area contributed by atoms with Crippen LogP contribution in [0.25, 0.3) is 0 Å². The third kappa shape index (κ3) is 5.44. The van der Waals surface area contributed by atoms with Crippen LogP contribution in [0, 0.1) is 0 Å². The third-order valence-corrected chi connectivity index (χ3v) is 3.74. The summed E-state index contributed by atoms with van der Waals surface area (Å²) in [5.74, 6) is 2.31. The molecule has 1 N–H and O–H groups in total. The van der Waals surface area contributed by atoms with E-state index >= 15 is 0 Å². The molecule has 0 aliphatic heterocycles. The van der Waals surface area contributed by atoms with Crippen molar-refractivity contribution in [1.29, 1.82) is 0 Å². The van der Waals surface area contributed by atoms with E-state index in [4.69, 9.17) is 14.2 Å². The standard InChI is InChI=1S/C18H22BrNO3/c1-3-21-17-6-4-5-7-18(17)23-11-10-22-16-9-8-14(13-20-2)12-15(16)19/h4-9,12,20H,3,10-11,13H2,1-2H3. The van der Waals surface area contributed by atoms with Crippen molar-refractivity contribution in [3.8, 4) is 17.2 Å². The highest BCUT2D eigenvalue weighted by atomic mass is 79.9. The van der Waals surface area contributed by atoms with Crippen LogP contribution in [0.5, 0.6) is 17.2 Å². The lowest BCUT2D eigenvalue weighted by Gasteiger charge is -2.13. The molecule has 0 amide bonds. The van der Waals surface area contributed by atoms with Crippen LogP contribution in [-0.4, -0.2) is 26.9 Å². The first-order valence-corrected chi connectivity index (χ1v) is 8.44. The van der Waals surface area contributed by atoms with Gasteiger partial charge in [0.05, 0.1) is 11.1 Å². The average Bonchev–Trinajstić information content (AvgIpc) is 2.55. The number of hydrogen-bond donors (Lipinski definition) is 1. The molecule has 0 aromatic heterocycles. The Balaban J connectivity index is 1.84. The molecular weight excluding hydrogens is 358 g/mol. The van der Waals surface area contributed by atoms with Gasteiger partial charge in [-0.05, 0) is 59.7 Å². The Hall–Kier alpha value is -1.72. The van der Waals surface area contributed by atoms with E-state index in [9.17, 15) is 0 Å². The molecule has 0 unspecified atom stereocenters. The van der Waals surface area contributed by atoms with Crippen LogP contribution in [0.3, 0.4) is 0 Å². The zero-order valence-corrected chi connectivity index (χ0v) is 15.1. The predicted molar refractivity (Wildman–Crippen MR) is 95.5 cm³/mol. The molecule has 2 rings (SSSR count). The molecule has 5 heteroatoms. The smallest absolute Gasteiger partial charge is 0.161 e. The summed E-state index contributed by atoms with van der Waals surface area (Å²) in [6, 6.07) is 13.7. The molecule has 4 nitrogen and oxygen atoms in total. The summed E-state index contributed by atoms with van der Waals surface area (Å²) in [4.78, 5) is 0. The van der Waals surface area contributed by atoms with Crippen LogP contribution >= 0.6 is 15.9 Å². The fourth-order valence-corrected chi connectivity index (χ4v) is 2.66. The van der Waals surface area contributed by atoms with E-state index in [1.165, 1.54) is 5.56 Å². The summed E-state index contributed by atoms with van der Waals surface area (Å²) in [6.07, 6.45) is 0. The minimum absolute atomic E-state index is 0.453. The lowest BCUT2D eigenvalue weighted by Crippen LogP contribution is -2.10. The van der Waals surface area contributed by atoms with Crippen molar-refractivity contribution in [2.75, 3.05) is 26.9 Å². The summed E-state index contributed by atoms with van der Waals surface area (Å²) in [5.41, 5.74) is 1.20. The number of hydrogen-bond acceptors (Lipinski definition) is 4. The van der Waals surface area contributed by atoms with Crippen molar-refractivity contribution in [2.45, 2.75) is 13.5 Å². The van der Waals surface area contributed by atoms with Gasteiger partial charge in [0, 0.05) is 6.54 Å². The molecule has 0 heterocycles. The topological polar surface area (TPSA) is 39.7 Å². The second-order valence-corrected chi connectivity index (χ2v) is 5.73. The fourth-order valence-electron chi connectivity index (χ4n) is 2.12. The molecule has 0 saturated carbocycles.